The molecule has 0 unspecified atom stereocenters. The normalized spacial score (nSPS) is 32.5. The van der Waals surface area contributed by atoms with Crippen LogP contribution in [0.2, 0.25) is 0 Å². The van der Waals surface area contributed by atoms with E-state index in [2.05, 4.69) is 0 Å². The zero-order valence-electron chi connectivity index (χ0n) is 22.4. The lowest BCUT2D eigenvalue weighted by atomic mass is 9.99. The predicted octanol–water partition coefficient (Wildman–Crippen LogP) is -3.07. The summed E-state index contributed by atoms with van der Waals surface area (Å²) in [4.78, 5) is 13.3. The number of phenols is 3. The highest BCUT2D eigenvalue weighted by Crippen LogP contribution is 2.51. The topological polar surface area (TPSA) is 290 Å². The minimum Gasteiger partial charge on any atom is -0.508 e. The molecule has 3 heterocycles. The van der Waals surface area contributed by atoms with Crippen LogP contribution in [0, 0.1) is 0 Å². The first-order valence-corrected chi connectivity index (χ1v) is 13.2. The molecular weight excluding hydrogens is 596 g/mol. The second-order valence-corrected chi connectivity index (χ2v) is 10.2. The van der Waals surface area contributed by atoms with Gasteiger partial charge in [-0.25, -0.2) is 0 Å². The van der Waals surface area contributed by atoms with Crippen molar-refractivity contribution in [2.24, 2.45) is 0 Å². The number of aliphatic hydroxyl groups excluding tert-OH is 8. The largest absolute Gasteiger partial charge is 0.508 e. The maximum Gasteiger partial charge on any atom is 0.229 e. The van der Waals surface area contributed by atoms with E-state index in [1.165, 1.54) is 24.3 Å². The summed E-state index contributed by atoms with van der Waals surface area (Å²) in [5.41, 5.74) is -1.33. The molecule has 17 nitrogen and oxygen atoms in total. The third kappa shape index (κ3) is 5.50. The smallest absolute Gasteiger partial charge is 0.229 e. The predicted molar refractivity (Wildman–Crippen MR) is 142 cm³/mol. The Labute approximate surface area is 246 Å². The van der Waals surface area contributed by atoms with Gasteiger partial charge in [-0.2, -0.15) is 0 Å². The third-order valence-electron chi connectivity index (χ3n) is 7.35. The van der Waals surface area contributed by atoms with Crippen LogP contribution in [-0.2, 0) is 9.47 Å². The number of aliphatic hydroxyl groups is 8. The van der Waals surface area contributed by atoms with Gasteiger partial charge in [-0.05, 0) is 24.3 Å². The number of hydrogen-bond donors (Lipinski definition) is 11. The molecule has 5 rings (SSSR count). The lowest BCUT2D eigenvalue weighted by molar-refractivity contribution is -0.279. The van der Waals surface area contributed by atoms with E-state index in [0.717, 1.165) is 6.07 Å². The molecule has 44 heavy (non-hydrogen) atoms. The van der Waals surface area contributed by atoms with Gasteiger partial charge in [-0.3, -0.25) is 4.79 Å². The Kier molecular flexibility index (Phi) is 8.87. The number of rotatable bonds is 7. The van der Waals surface area contributed by atoms with E-state index in [0.29, 0.717) is 0 Å². The van der Waals surface area contributed by atoms with Crippen molar-refractivity contribution >= 4 is 11.0 Å². The van der Waals surface area contributed by atoms with Crippen LogP contribution in [-0.4, -0.2) is 131 Å². The maximum atomic E-state index is 13.3. The Morgan fingerprint density at radius 2 is 1.16 bits per heavy atom. The summed E-state index contributed by atoms with van der Waals surface area (Å²) in [6, 6.07) is 6.29. The summed E-state index contributed by atoms with van der Waals surface area (Å²) in [5, 5.41) is 112. The van der Waals surface area contributed by atoms with Crippen LogP contribution in [0.25, 0.3) is 22.3 Å². The Bertz CT molecular complexity index is 1540. The zero-order chi connectivity index (χ0) is 32.0. The number of aromatic hydroxyl groups is 3. The highest BCUT2D eigenvalue weighted by atomic mass is 16.7. The van der Waals surface area contributed by atoms with E-state index in [-0.39, 0.29) is 17.1 Å². The lowest BCUT2D eigenvalue weighted by Gasteiger charge is -2.40. The van der Waals surface area contributed by atoms with Gasteiger partial charge < -0.3 is 79.5 Å². The Hall–Kier alpha value is -3.75. The van der Waals surface area contributed by atoms with Crippen molar-refractivity contribution in [2.75, 3.05) is 13.2 Å². The molecule has 0 saturated carbocycles. The van der Waals surface area contributed by atoms with Gasteiger partial charge in [0.05, 0.1) is 13.2 Å². The second-order valence-electron chi connectivity index (χ2n) is 10.2. The Balaban J connectivity index is 1.67. The van der Waals surface area contributed by atoms with Crippen molar-refractivity contribution in [1.82, 2.24) is 0 Å². The molecule has 11 N–H and O–H groups in total. The molecule has 240 valence electrons. The van der Waals surface area contributed by atoms with E-state index in [1.807, 2.05) is 0 Å². The van der Waals surface area contributed by atoms with Gasteiger partial charge in [-0.15, -0.1) is 0 Å². The van der Waals surface area contributed by atoms with Crippen molar-refractivity contribution in [1.29, 1.82) is 0 Å². The van der Waals surface area contributed by atoms with Crippen molar-refractivity contribution < 1.29 is 79.5 Å². The number of benzene rings is 2. The molecule has 2 aliphatic heterocycles. The Morgan fingerprint density at radius 3 is 1.66 bits per heavy atom. The fraction of sp³-hybridized carbons (Fsp3) is 0.444. The van der Waals surface area contributed by atoms with Crippen molar-refractivity contribution in [2.45, 2.75) is 61.4 Å². The molecule has 2 saturated heterocycles. The zero-order valence-corrected chi connectivity index (χ0v) is 22.4. The average molecular weight is 627 g/mol. The van der Waals surface area contributed by atoms with Gasteiger partial charge in [0.25, 0.3) is 0 Å². The molecule has 2 fully saturated rings. The molecule has 3 aromatic rings. The molecule has 17 heteroatoms. The van der Waals surface area contributed by atoms with Crippen LogP contribution in [0.1, 0.15) is 0 Å². The molecule has 0 amide bonds. The Morgan fingerprint density at radius 1 is 0.659 bits per heavy atom. The van der Waals surface area contributed by atoms with Gasteiger partial charge in [0.15, 0.2) is 16.8 Å². The van der Waals surface area contributed by atoms with Crippen LogP contribution >= 0.6 is 0 Å². The van der Waals surface area contributed by atoms with Gasteiger partial charge in [0.2, 0.25) is 29.8 Å². The summed E-state index contributed by atoms with van der Waals surface area (Å²) in [7, 11) is 0. The van der Waals surface area contributed by atoms with Crippen molar-refractivity contribution in [3.63, 3.8) is 0 Å². The molecule has 0 radical (unpaired) electrons. The minimum absolute atomic E-state index is 0.103. The summed E-state index contributed by atoms with van der Waals surface area (Å²) >= 11 is 0. The molecule has 1 aromatic heterocycles. The van der Waals surface area contributed by atoms with E-state index < -0.39 is 114 Å². The molecule has 0 aliphatic carbocycles. The summed E-state index contributed by atoms with van der Waals surface area (Å²) < 4.78 is 27.5. The molecule has 2 aromatic carbocycles. The quantitative estimate of drug-likeness (QED) is 0.124. The molecule has 0 spiro atoms. The number of phenolic OH excluding ortho intramolecular Hbond substituents is 3. The van der Waals surface area contributed by atoms with Gasteiger partial charge in [0.1, 0.15) is 65.7 Å². The third-order valence-corrected chi connectivity index (χ3v) is 7.35. The van der Waals surface area contributed by atoms with Crippen molar-refractivity contribution in [3.05, 3.63) is 40.6 Å². The van der Waals surface area contributed by atoms with Gasteiger partial charge in [-0.1, -0.05) is 0 Å². The van der Waals surface area contributed by atoms with Crippen LogP contribution in [0.3, 0.4) is 0 Å². The first kappa shape index (κ1) is 31.7. The second kappa shape index (κ2) is 12.3. The minimum atomic E-state index is -2.01. The molecule has 2 aliphatic rings. The molecule has 0 bridgehead atoms. The molecule has 10 atom stereocenters. The lowest BCUT2D eigenvalue weighted by Crippen LogP contribution is -2.60. The fourth-order valence-electron chi connectivity index (χ4n) is 4.86. The fourth-order valence-corrected chi connectivity index (χ4v) is 4.86. The number of fused-ring (bicyclic) bond motifs is 1. The van der Waals surface area contributed by atoms with E-state index in [9.17, 15) is 61.0 Å². The highest BCUT2D eigenvalue weighted by Gasteiger charge is 2.47. The molecular formula is C27H30O17. The first-order valence-electron chi connectivity index (χ1n) is 13.2. The average Bonchev–Trinajstić information content (AvgIpc) is 3.01. The number of hydrogen-bond acceptors (Lipinski definition) is 17. The maximum absolute atomic E-state index is 13.3. The van der Waals surface area contributed by atoms with E-state index in [4.69, 9.17) is 23.4 Å². The van der Waals surface area contributed by atoms with Crippen LogP contribution < -0.4 is 14.9 Å². The summed E-state index contributed by atoms with van der Waals surface area (Å²) in [6.45, 7) is -1.67. The SMILES string of the molecule is O=c1cc(-c2ccc(O)cc2)oc2c(O[C@@H]3O[C@H](CO)[C@H](O)[C@@H](O)[C@H]3O)c(O)c(O[C@@H]3O[C@H](CO)[C@H](O)[C@H](O)[C@@H]3O)c(O)c12. The van der Waals surface area contributed by atoms with Crippen molar-refractivity contribution in [3.8, 4) is 40.1 Å². The van der Waals surface area contributed by atoms with Crippen LogP contribution in [0.5, 0.6) is 28.7 Å². The van der Waals surface area contributed by atoms with Gasteiger partial charge >= 0.3 is 0 Å². The summed E-state index contributed by atoms with van der Waals surface area (Å²) in [6.07, 6.45) is -18.2. The van der Waals surface area contributed by atoms with Crippen LogP contribution in [0.15, 0.2) is 39.5 Å². The van der Waals surface area contributed by atoms with Crippen LogP contribution in [0.4, 0.5) is 0 Å². The van der Waals surface area contributed by atoms with Gasteiger partial charge in [0, 0.05) is 11.6 Å². The summed E-state index contributed by atoms with van der Waals surface area (Å²) in [5.74, 6) is -4.28. The first-order chi connectivity index (χ1) is 20.9. The van der Waals surface area contributed by atoms with E-state index >= 15 is 0 Å². The van der Waals surface area contributed by atoms with E-state index in [1.54, 1.807) is 0 Å². The highest BCUT2D eigenvalue weighted by molar-refractivity contribution is 5.95. The standard InChI is InChI=1S/C27H30O17/c28-6-12-15(32)18(35)20(37)26(41-12)43-24-17(34)14-10(31)5-11(8-1-3-9(30)4-2-8)40-23(14)25(22(24)39)44-27-21(38)19(36)16(33)13(7-29)42-27/h1-5,12-13,15-16,18-21,26-30,32-39H,6-7H2/t12-,13-,15+,16+,18+,19-,20+,21-,26+,27+/m1/s1. The number of ether oxygens (including phenoxy) is 4. The monoisotopic (exact) mass is 626 g/mol.